The van der Waals surface area contributed by atoms with Gasteiger partial charge in [-0.3, -0.25) is 4.90 Å². The fourth-order valence-corrected chi connectivity index (χ4v) is 2.68. The van der Waals surface area contributed by atoms with E-state index < -0.39 is 0 Å². The molecule has 0 spiro atoms. The van der Waals surface area contributed by atoms with Gasteiger partial charge in [-0.25, -0.2) is 9.38 Å². The quantitative estimate of drug-likeness (QED) is 0.356. The highest BCUT2D eigenvalue weighted by atomic mass is 127. The van der Waals surface area contributed by atoms with E-state index in [0.29, 0.717) is 12.2 Å². The highest BCUT2D eigenvalue weighted by Gasteiger charge is 2.10. The van der Waals surface area contributed by atoms with Gasteiger partial charge in [-0.05, 0) is 24.6 Å². The minimum Gasteiger partial charge on any atom is -0.379 e. The smallest absolute Gasteiger partial charge is 0.191 e. The molecule has 2 rings (SSSR count). The minimum atomic E-state index is -0.219. The van der Waals surface area contributed by atoms with Crippen molar-refractivity contribution < 1.29 is 9.13 Å². The molecule has 0 amide bonds. The van der Waals surface area contributed by atoms with Gasteiger partial charge in [0.1, 0.15) is 5.82 Å². The predicted octanol–water partition coefficient (Wildman–Crippen LogP) is 1.90. The number of hydrogen-bond acceptors (Lipinski definition) is 4. The van der Waals surface area contributed by atoms with E-state index >= 15 is 0 Å². The Morgan fingerprint density at radius 1 is 1.27 bits per heavy atom. The van der Waals surface area contributed by atoms with Crippen LogP contribution in [0.15, 0.2) is 23.2 Å². The van der Waals surface area contributed by atoms with Gasteiger partial charge in [-0.1, -0.05) is 6.07 Å². The summed E-state index contributed by atoms with van der Waals surface area (Å²) in [5, 5.41) is 6.57. The lowest BCUT2D eigenvalue weighted by Gasteiger charge is -2.26. The number of anilines is 1. The van der Waals surface area contributed by atoms with Crippen LogP contribution in [0.1, 0.15) is 12.5 Å². The molecule has 0 unspecified atom stereocenters. The molecule has 0 bridgehead atoms. The molecular formula is C18H31FIN5O. The zero-order valence-electron chi connectivity index (χ0n) is 15.9. The Balaban J connectivity index is 0.00000338. The van der Waals surface area contributed by atoms with Crippen molar-refractivity contribution in [3.8, 4) is 0 Å². The van der Waals surface area contributed by atoms with Crippen molar-refractivity contribution in [3.05, 3.63) is 29.6 Å². The lowest BCUT2D eigenvalue weighted by atomic mass is 10.2. The maximum Gasteiger partial charge on any atom is 0.191 e. The van der Waals surface area contributed by atoms with Gasteiger partial charge in [0.25, 0.3) is 0 Å². The van der Waals surface area contributed by atoms with Crippen LogP contribution in [0.3, 0.4) is 0 Å². The molecule has 26 heavy (non-hydrogen) atoms. The molecule has 1 aliphatic rings. The topological polar surface area (TPSA) is 52.1 Å². The van der Waals surface area contributed by atoms with E-state index in [9.17, 15) is 4.39 Å². The molecule has 1 heterocycles. The van der Waals surface area contributed by atoms with Gasteiger partial charge in [-0.2, -0.15) is 0 Å². The molecule has 0 radical (unpaired) electrons. The Labute approximate surface area is 173 Å². The highest BCUT2D eigenvalue weighted by molar-refractivity contribution is 14.0. The number of aliphatic imine (C=N–C) groups is 1. The first kappa shape index (κ1) is 22.9. The van der Waals surface area contributed by atoms with Crippen molar-refractivity contribution in [1.29, 1.82) is 0 Å². The third kappa shape index (κ3) is 7.63. The molecule has 1 aliphatic heterocycles. The summed E-state index contributed by atoms with van der Waals surface area (Å²) in [6.45, 7) is 8.62. The van der Waals surface area contributed by atoms with E-state index in [1.807, 2.05) is 27.1 Å². The van der Waals surface area contributed by atoms with Crippen molar-refractivity contribution in [2.45, 2.75) is 13.5 Å². The summed E-state index contributed by atoms with van der Waals surface area (Å²) in [5.74, 6) is 0.538. The Hall–Kier alpha value is -1.13. The van der Waals surface area contributed by atoms with Gasteiger partial charge in [0.2, 0.25) is 0 Å². The molecule has 0 atom stereocenters. The number of hydrogen-bond donors (Lipinski definition) is 2. The van der Waals surface area contributed by atoms with Gasteiger partial charge < -0.3 is 20.3 Å². The molecule has 1 saturated heterocycles. The van der Waals surface area contributed by atoms with Crippen LogP contribution in [0.4, 0.5) is 10.1 Å². The summed E-state index contributed by atoms with van der Waals surface area (Å²) in [6, 6.07) is 5.26. The first-order valence-corrected chi connectivity index (χ1v) is 8.88. The summed E-state index contributed by atoms with van der Waals surface area (Å²) in [6.07, 6.45) is 0. The van der Waals surface area contributed by atoms with E-state index in [2.05, 4.69) is 20.5 Å². The number of rotatable bonds is 7. The number of ether oxygens (including phenoxy) is 1. The molecule has 1 fully saturated rings. The SMILES string of the molecule is CCNC(=NCc1ccc(N(C)C)c(F)c1)NCCN1CCOCC1.I. The van der Waals surface area contributed by atoms with E-state index in [0.717, 1.165) is 57.5 Å². The van der Waals surface area contributed by atoms with Gasteiger partial charge in [0.15, 0.2) is 5.96 Å². The molecule has 6 nitrogen and oxygen atoms in total. The largest absolute Gasteiger partial charge is 0.379 e. The van der Waals surface area contributed by atoms with Crippen LogP contribution in [0.5, 0.6) is 0 Å². The average molecular weight is 479 g/mol. The zero-order valence-corrected chi connectivity index (χ0v) is 18.3. The van der Waals surface area contributed by atoms with E-state index in [4.69, 9.17) is 4.74 Å². The monoisotopic (exact) mass is 479 g/mol. The van der Waals surface area contributed by atoms with Crippen LogP contribution in [-0.2, 0) is 11.3 Å². The standard InChI is InChI=1S/C18H30FN5O.HI/c1-4-20-18(21-7-8-24-9-11-25-12-10-24)22-14-15-5-6-17(23(2)3)16(19)13-15;/h5-6,13H,4,7-12,14H2,1-3H3,(H2,20,21,22);1H. The minimum absolute atomic E-state index is 0. The fraction of sp³-hybridized carbons (Fsp3) is 0.611. The third-order valence-corrected chi connectivity index (χ3v) is 4.08. The van der Waals surface area contributed by atoms with Crippen molar-refractivity contribution >= 4 is 35.6 Å². The van der Waals surface area contributed by atoms with E-state index in [1.165, 1.54) is 0 Å². The Kier molecular flexibility index (Phi) is 10.8. The molecule has 1 aromatic carbocycles. The molecule has 8 heteroatoms. The van der Waals surface area contributed by atoms with Crippen LogP contribution in [0.25, 0.3) is 0 Å². The molecule has 148 valence electrons. The fourth-order valence-electron chi connectivity index (χ4n) is 2.68. The maximum atomic E-state index is 14.0. The van der Waals surface area contributed by atoms with Gasteiger partial charge in [0.05, 0.1) is 25.4 Å². The van der Waals surface area contributed by atoms with Gasteiger partial charge in [-0.15, -0.1) is 24.0 Å². The van der Waals surface area contributed by atoms with Crippen molar-refractivity contribution in [3.63, 3.8) is 0 Å². The van der Waals surface area contributed by atoms with Crippen molar-refractivity contribution in [2.75, 3.05) is 64.9 Å². The summed E-state index contributed by atoms with van der Waals surface area (Å²) in [7, 11) is 3.66. The molecule has 0 saturated carbocycles. The number of halogens is 2. The predicted molar refractivity (Wildman–Crippen MR) is 116 cm³/mol. The summed E-state index contributed by atoms with van der Waals surface area (Å²) < 4.78 is 19.4. The molecule has 1 aromatic rings. The second kappa shape index (κ2) is 12.3. The molecular weight excluding hydrogens is 448 g/mol. The average Bonchev–Trinajstić information content (AvgIpc) is 2.60. The number of nitrogens with zero attached hydrogens (tertiary/aromatic N) is 3. The molecule has 0 aliphatic carbocycles. The van der Waals surface area contributed by atoms with E-state index in [1.54, 1.807) is 17.0 Å². The zero-order chi connectivity index (χ0) is 18.1. The second-order valence-corrected chi connectivity index (χ2v) is 6.26. The normalized spacial score (nSPS) is 15.3. The molecule has 2 N–H and O–H groups in total. The Morgan fingerprint density at radius 2 is 2.00 bits per heavy atom. The highest BCUT2D eigenvalue weighted by Crippen LogP contribution is 2.18. The molecule has 0 aromatic heterocycles. The second-order valence-electron chi connectivity index (χ2n) is 6.26. The van der Waals surface area contributed by atoms with E-state index in [-0.39, 0.29) is 29.8 Å². The van der Waals surface area contributed by atoms with Crippen LogP contribution in [0, 0.1) is 5.82 Å². The summed E-state index contributed by atoms with van der Waals surface area (Å²) in [5.41, 5.74) is 1.44. The third-order valence-electron chi connectivity index (χ3n) is 4.08. The van der Waals surface area contributed by atoms with Crippen LogP contribution in [0.2, 0.25) is 0 Å². The first-order chi connectivity index (χ1) is 12.1. The number of guanidine groups is 1. The summed E-state index contributed by atoms with van der Waals surface area (Å²) in [4.78, 5) is 8.69. The first-order valence-electron chi connectivity index (χ1n) is 8.88. The number of nitrogens with one attached hydrogen (secondary N) is 2. The van der Waals surface area contributed by atoms with Crippen LogP contribution >= 0.6 is 24.0 Å². The van der Waals surface area contributed by atoms with Gasteiger partial charge in [0, 0.05) is 46.8 Å². The number of benzene rings is 1. The summed E-state index contributed by atoms with van der Waals surface area (Å²) >= 11 is 0. The number of morpholine rings is 1. The lowest BCUT2D eigenvalue weighted by molar-refractivity contribution is 0.0389. The Bertz CT molecular complexity index is 565. The van der Waals surface area contributed by atoms with Crippen LogP contribution in [-0.4, -0.2) is 70.9 Å². The van der Waals surface area contributed by atoms with Crippen LogP contribution < -0.4 is 15.5 Å². The maximum absolute atomic E-state index is 14.0. The van der Waals surface area contributed by atoms with Crippen molar-refractivity contribution in [1.82, 2.24) is 15.5 Å². The lowest BCUT2D eigenvalue weighted by Crippen LogP contribution is -2.44. The van der Waals surface area contributed by atoms with Crippen molar-refractivity contribution in [2.24, 2.45) is 4.99 Å². The van der Waals surface area contributed by atoms with Gasteiger partial charge >= 0.3 is 0 Å². The Morgan fingerprint density at radius 3 is 2.62 bits per heavy atom.